The van der Waals surface area contributed by atoms with Crippen LogP contribution in [0.3, 0.4) is 0 Å². The number of hydrogen-bond acceptors (Lipinski definition) is 11. The lowest BCUT2D eigenvalue weighted by molar-refractivity contribution is 0.0273. The molecule has 0 aromatic heterocycles. The molecule has 2 aliphatic heterocycles. The molecule has 0 radical (unpaired) electrons. The normalized spacial score (nSPS) is 40.2. The zero-order valence-corrected chi connectivity index (χ0v) is 27.5. The van der Waals surface area contributed by atoms with Crippen LogP contribution in [0.15, 0.2) is 75.9 Å². The maximum Gasteiger partial charge on any atom is 0.489 e. The van der Waals surface area contributed by atoms with E-state index in [1.165, 1.54) is 38.5 Å². The molecule has 2 bridgehead atoms. The van der Waals surface area contributed by atoms with E-state index in [-0.39, 0.29) is 36.3 Å². The Hall–Kier alpha value is -0.699. The first-order valence-electron chi connectivity index (χ1n) is 11.5. The van der Waals surface area contributed by atoms with E-state index in [9.17, 15) is 9.59 Å². The molecule has 0 saturated carbocycles. The summed E-state index contributed by atoms with van der Waals surface area (Å²) in [5, 5.41) is 0. The predicted octanol–water partition coefficient (Wildman–Crippen LogP) is 3.16. The molecule has 17 heteroatoms. The molecule has 0 aromatic carbocycles. The van der Waals surface area contributed by atoms with E-state index in [1.54, 1.807) is 12.2 Å². The highest BCUT2D eigenvalue weighted by Gasteiger charge is 2.72. The van der Waals surface area contributed by atoms with Crippen LogP contribution in [0.5, 0.6) is 0 Å². The summed E-state index contributed by atoms with van der Waals surface area (Å²) >= 11 is 0. The second-order valence-corrected chi connectivity index (χ2v) is 25.5. The van der Waals surface area contributed by atoms with Gasteiger partial charge < -0.3 is 47.2 Å². The Bertz CT molecular complexity index is 816. The Kier molecular flexibility index (Phi) is 11.5. The van der Waals surface area contributed by atoms with Gasteiger partial charge in [0.1, 0.15) is 0 Å². The SMILES string of the molecule is C=CC[Si]1(O)O[Si](CC=C)(OC)O[Si]2(CC=C)O[Si](O)(CC=C)O[Si](CC=C)(OC)O[Si](CC=C)(O1)O2. The molecule has 0 aliphatic carbocycles. The number of rotatable bonds is 14. The van der Waals surface area contributed by atoms with Crippen molar-refractivity contribution in [3.05, 3.63) is 75.9 Å². The molecule has 0 spiro atoms. The van der Waals surface area contributed by atoms with Crippen molar-refractivity contribution in [2.24, 2.45) is 0 Å². The summed E-state index contributed by atoms with van der Waals surface area (Å²) < 4.78 is 56.7. The van der Waals surface area contributed by atoms with Crippen molar-refractivity contribution in [3.8, 4) is 0 Å². The van der Waals surface area contributed by atoms with Gasteiger partial charge in [-0.2, -0.15) is 0 Å². The second kappa shape index (κ2) is 13.1. The van der Waals surface area contributed by atoms with Crippen molar-refractivity contribution in [2.45, 2.75) is 36.3 Å². The van der Waals surface area contributed by atoms with Crippen molar-refractivity contribution in [1.82, 2.24) is 0 Å². The van der Waals surface area contributed by atoms with Gasteiger partial charge in [0.15, 0.2) is 0 Å². The first-order valence-corrected chi connectivity index (χ1v) is 23.2. The molecule has 2 heterocycles. The van der Waals surface area contributed by atoms with Crippen molar-refractivity contribution in [2.75, 3.05) is 14.2 Å². The van der Waals surface area contributed by atoms with Crippen LogP contribution in [0.4, 0.5) is 0 Å². The average Bonchev–Trinajstić information content (AvgIpc) is 2.77. The largest absolute Gasteiger partial charge is 0.489 e. The summed E-state index contributed by atoms with van der Waals surface area (Å²) in [6, 6.07) is 0.101. The smallest absolute Gasteiger partial charge is 0.390 e. The summed E-state index contributed by atoms with van der Waals surface area (Å²) in [7, 11) is -21.4. The van der Waals surface area contributed by atoms with E-state index in [0.29, 0.717) is 0 Å². The summed E-state index contributed by atoms with van der Waals surface area (Å²) in [6.45, 7) is 22.7. The molecule has 208 valence electrons. The van der Waals surface area contributed by atoms with Crippen LogP contribution in [-0.2, 0) is 37.7 Å². The quantitative estimate of drug-likeness (QED) is 0.219. The molecule has 37 heavy (non-hydrogen) atoms. The van der Waals surface area contributed by atoms with Crippen LogP contribution >= 0.6 is 0 Å². The minimum atomic E-state index is -4.18. The molecule has 6 unspecified atom stereocenters. The molecule has 0 aromatic rings. The van der Waals surface area contributed by atoms with E-state index < -0.39 is 52.8 Å². The summed E-state index contributed by atoms with van der Waals surface area (Å²) in [4.78, 5) is 23.5. The Morgan fingerprint density at radius 2 is 0.811 bits per heavy atom. The Balaban J connectivity index is 2.90. The Morgan fingerprint density at radius 3 is 1.08 bits per heavy atom. The summed E-state index contributed by atoms with van der Waals surface area (Å²) in [5.74, 6) is 0. The van der Waals surface area contributed by atoms with Gasteiger partial charge in [0.2, 0.25) is 0 Å². The summed E-state index contributed by atoms with van der Waals surface area (Å²) in [5.41, 5.74) is 0. The van der Waals surface area contributed by atoms with E-state index in [0.717, 1.165) is 0 Å². The highest BCUT2D eigenvalue weighted by atomic mass is 28.6. The Morgan fingerprint density at radius 1 is 0.486 bits per heavy atom. The van der Waals surface area contributed by atoms with Crippen molar-refractivity contribution in [1.29, 1.82) is 0 Å². The molecular formula is C20H38O11Si6. The lowest BCUT2D eigenvalue weighted by Crippen LogP contribution is -2.78. The van der Waals surface area contributed by atoms with E-state index in [4.69, 9.17) is 37.7 Å². The van der Waals surface area contributed by atoms with Gasteiger partial charge in [-0.1, -0.05) is 36.5 Å². The molecule has 2 fully saturated rings. The van der Waals surface area contributed by atoms with Crippen molar-refractivity contribution in [3.63, 3.8) is 0 Å². The third-order valence-corrected chi connectivity index (χ3v) is 28.7. The lowest BCUT2D eigenvalue weighted by atomic mass is 10.8. The molecule has 2 rings (SSSR count). The number of fused-ring (bicyclic) bond motifs is 2. The monoisotopic (exact) mass is 622 g/mol. The van der Waals surface area contributed by atoms with E-state index >= 15 is 0 Å². The third-order valence-electron chi connectivity index (χ3n) is 5.20. The van der Waals surface area contributed by atoms with Crippen molar-refractivity contribution >= 4 is 52.8 Å². The van der Waals surface area contributed by atoms with E-state index in [1.807, 2.05) is 0 Å². The van der Waals surface area contributed by atoms with Gasteiger partial charge in [0, 0.05) is 50.5 Å². The van der Waals surface area contributed by atoms with Gasteiger partial charge in [-0.05, 0) is 0 Å². The first kappa shape index (κ1) is 32.5. The maximum atomic E-state index is 11.7. The fraction of sp³-hybridized carbons (Fsp3) is 0.400. The standard InChI is InChI=1S/C20H38O11Si6/c1-9-15-32(21)25-34(23-7,17-11-3)29-37(20-14-6)28-33(22,16-10-2)26-35(24-8,18-12-4)30-36(27-32,31-37)19-13-5/h9-14,21-22H,1-6,15-20H2,7-8H3. The van der Waals surface area contributed by atoms with Gasteiger partial charge in [0.05, 0.1) is 0 Å². The van der Waals surface area contributed by atoms with Crippen molar-refractivity contribution < 1.29 is 47.2 Å². The number of allylic oxidation sites excluding steroid dienone is 6. The Labute approximate surface area is 226 Å². The minimum Gasteiger partial charge on any atom is -0.390 e. The maximum absolute atomic E-state index is 11.7. The zero-order chi connectivity index (χ0) is 27.8. The summed E-state index contributed by atoms with van der Waals surface area (Å²) in [6.07, 6.45) is 9.09. The fourth-order valence-corrected chi connectivity index (χ4v) is 31.2. The van der Waals surface area contributed by atoms with Gasteiger partial charge in [-0.25, -0.2) is 0 Å². The number of hydrogen-bond donors (Lipinski definition) is 2. The van der Waals surface area contributed by atoms with Crippen LogP contribution in [0.1, 0.15) is 0 Å². The van der Waals surface area contributed by atoms with E-state index in [2.05, 4.69) is 39.5 Å². The van der Waals surface area contributed by atoms with Crippen LogP contribution in [0, 0.1) is 0 Å². The molecule has 2 saturated heterocycles. The van der Waals surface area contributed by atoms with Gasteiger partial charge in [-0.3, -0.25) is 0 Å². The first-order chi connectivity index (χ1) is 17.4. The predicted molar refractivity (Wildman–Crippen MR) is 151 cm³/mol. The molecule has 6 atom stereocenters. The highest BCUT2D eigenvalue weighted by molar-refractivity contribution is 6.95. The van der Waals surface area contributed by atoms with Crippen LogP contribution in [0.2, 0.25) is 36.3 Å². The highest BCUT2D eigenvalue weighted by Crippen LogP contribution is 2.43. The van der Waals surface area contributed by atoms with Crippen LogP contribution < -0.4 is 0 Å². The van der Waals surface area contributed by atoms with Crippen LogP contribution in [0.25, 0.3) is 0 Å². The molecule has 2 N–H and O–H groups in total. The fourth-order valence-electron chi connectivity index (χ4n) is 3.88. The lowest BCUT2D eigenvalue weighted by Gasteiger charge is -2.53. The minimum absolute atomic E-state index is 0.0183. The van der Waals surface area contributed by atoms with Crippen LogP contribution in [-0.4, -0.2) is 76.6 Å². The van der Waals surface area contributed by atoms with Gasteiger partial charge in [0.25, 0.3) is 0 Å². The third kappa shape index (κ3) is 7.70. The van der Waals surface area contributed by atoms with Gasteiger partial charge >= 0.3 is 52.8 Å². The molecule has 0 amide bonds. The zero-order valence-electron chi connectivity index (χ0n) is 21.5. The molecule has 11 nitrogen and oxygen atoms in total. The molecular weight excluding hydrogens is 585 g/mol. The molecule has 2 aliphatic rings. The average molecular weight is 623 g/mol. The second-order valence-electron chi connectivity index (χ2n) is 8.24. The van der Waals surface area contributed by atoms with Gasteiger partial charge in [-0.15, -0.1) is 39.5 Å². The topological polar surface area (TPSA) is 124 Å².